The van der Waals surface area contributed by atoms with Crippen LogP contribution in [0.4, 0.5) is 8.78 Å². The molecule has 1 aromatic carbocycles. The van der Waals surface area contributed by atoms with Gasteiger partial charge in [-0.1, -0.05) is 0 Å². The van der Waals surface area contributed by atoms with Crippen LogP contribution in [0.15, 0.2) is 39.6 Å². The predicted octanol–water partition coefficient (Wildman–Crippen LogP) is 4.65. The maximum Gasteiger partial charge on any atom is 0.173 e. The molecule has 2 aromatic rings. The van der Waals surface area contributed by atoms with Crippen LogP contribution in [0.1, 0.15) is 16.5 Å². The summed E-state index contributed by atoms with van der Waals surface area (Å²) in [5.41, 5.74) is 0.648. The maximum atomic E-state index is 13.4. The van der Waals surface area contributed by atoms with E-state index in [1.54, 1.807) is 6.07 Å². The Labute approximate surface area is 104 Å². The molecule has 16 heavy (non-hydrogen) atoms. The highest BCUT2D eigenvalue weighted by atomic mass is 79.9. The van der Waals surface area contributed by atoms with Crippen LogP contribution in [0.25, 0.3) is 0 Å². The van der Waals surface area contributed by atoms with Gasteiger partial charge < -0.3 is 4.42 Å². The largest absolute Gasteiger partial charge is 0.457 e. The van der Waals surface area contributed by atoms with Crippen molar-refractivity contribution >= 4 is 27.5 Å². The third-order valence-corrected chi connectivity index (χ3v) is 3.27. The van der Waals surface area contributed by atoms with Crippen molar-refractivity contribution in [2.45, 2.75) is 5.38 Å². The Balaban J connectivity index is 2.45. The fraction of sp³-hybridized carbons (Fsp3) is 0.0909. The maximum absolute atomic E-state index is 13.4. The lowest BCUT2D eigenvalue weighted by atomic mass is 10.1. The molecule has 1 unspecified atom stereocenters. The summed E-state index contributed by atoms with van der Waals surface area (Å²) >= 11 is 9.20. The molecule has 0 aliphatic rings. The van der Waals surface area contributed by atoms with Gasteiger partial charge in [-0.05, 0) is 40.2 Å². The zero-order chi connectivity index (χ0) is 11.7. The van der Waals surface area contributed by atoms with Crippen LogP contribution in [0, 0.1) is 11.6 Å². The van der Waals surface area contributed by atoms with E-state index < -0.39 is 17.0 Å². The molecule has 0 N–H and O–H groups in total. The van der Waals surface area contributed by atoms with Crippen LogP contribution in [0.2, 0.25) is 0 Å². The second-order valence-corrected chi connectivity index (χ2v) is 4.33. The van der Waals surface area contributed by atoms with E-state index in [1.165, 1.54) is 6.26 Å². The molecular weight excluding hydrogens is 301 g/mol. The molecule has 84 valence electrons. The number of benzene rings is 1. The smallest absolute Gasteiger partial charge is 0.173 e. The van der Waals surface area contributed by atoms with Gasteiger partial charge in [0, 0.05) is 11.1 Å². The Kier molecular flexibility index (Phi) is 3.30. The van der Waals surface area contributed by atoms with Gasteiger partial charge >= 0.3 is 0 Å². The molecule has 2 rings (SSSR count). The van der Waals surface area contributed by atoms with Crippen molar-refractivity contribution in [1.82, 2.24) is 0 Å². The van der Waals surface area contributed by atoms with E-state index in [9.17, 15) is 8.78 Å². The molecule has 1 atom stereocenters. The number of hydrogen-bond acceptors (Lipinski definition) is 1. The fourth-order valence-corrected chi connectivity index (χ4v) is 2.30. The highest BCUT2D eigenvalue weighted by molar-refractivity contribution is 9.10. The first kappa shape index (κ1) is 11.6. The van der Waals surface area contributed by atoms with E-state index >= 15 is 0 Å². The molecule has 0 aliphatic carbocycles. The third kappa shape index (κ3) is 2.13. The number of rotatable bonds is 2. The molecule has 0 bridgehead atoms. The lowest BCUT2D eigenvalue weighted by molar-refractivity contribution is 0.536. The lowest BCUT2D eigenvalue weighted by Crippen LogP contribution is -1.97. The SMILES string of the molecule is Fc1ccc(F)c(C(Cl)c2ccoc2Br)c1. The summed E-state index contributed by atoms with van der Waals surface area (Å²) in [6.45, 7) is 0. The Morgan fingerprint density at radius 1 is 1.19 bits per heavy atom. The zero-order valence-corrected chi connectivity index (χ0v) is 10.2. The molecule has 1 nitrogen and oxygen atoms in total. The van der Waals surface area contributed by atoms with E-state index in [-0.39, 0.29) is 5.56 Å². The van der Waals surface area contributed by atoms with Gasteiger partial charge in [-0.3, -0.25) is 0 Å². The van der Waals surface area contributed by atoms with E-state index in [4.69, 9.17) is 16.0 Å². The van der Waals surface area contributed by atoms with E-state index in [0.29, 0.717) is 10.2 Å². The molecular formula is C11H6BrClF2O. The molecule has 1 heterocycles. The summed E-state index contributed by atoms with van der Waals surface area (Å²) in [4.78, 5) is 0. The Morgan fingerprint density at radius 3 is 2.56 bits per heavy atom. The average Bonchev–Trinajstić information content (AvgIpc) is 2.67. The van der Waals surface area contributed by atoms with Gasteiger partial charge in [-0.15, -0.1) is 11.6 Å². The van der Waals surface area contributed by atoms with Crippen molar-refractivity contribution in [3.63, 3.8) is 0 Å². The predicted molar refractivity (Wildman–Crippen MR) is 60.5 cm³/mol. The molecule has 5 heteroatoms. The first-order valence-corrected chi connectivity index (χ1v) is 5.64. The summed E-state index contributed by atoms with van der Waals surface area (Å²) in [6, 6.07) is 4.78. The van der Waals surface area contributed by atoms with Gasteiger partial charge in [0.2, 0.25) is 0 Å². The molecule has 0 saturated carbocycles. The van der Waals surface area contributed by atoms with Crippen LogP contribution >= 0.6 is 27.5 Å². The second kappa shape index (κ2) is 4.55. The van der Waals surface area contributed by atoms with Gasteiger partial charge in [-0.25, -0.2) is 8.78 Å². The summed E-state index contributed by atoms with van der Waals surface area (Å²) in [5, 5.41) is -0.788. The monoisotopic (exact) mass is 306 g/mol. The number of furan rings is 1. The normalized spacial score (nSPS) is 12.8. The van der Waals surface area contributed by atoms with Crippen LogP contribution in [0.3, 0.4) is 0 Å². The topological polar surface area (TPSA) is 13.1 Å². The molecule has 0 fully saturated rings. The van der Waals surface area contributed by atoms with Crippen molar-refractivity contribution < 1.29 is 13.2 Å². The van der Waals surface area contributed by atoms with Crippen molar-refractivity contribution in [3.8, 4) is 0 Å². The van der Waals surface area contributed by atoms with Crippen LogP contribution in [0.5, 0.6) is 0 Å². The second-order valence-electron chi connectivity index (χ2n) is 3.18. The van der Waals surface area contributed by atoms with Crippen LogP contribution in [-0.4, -0.2) is 0 Å². The number of hydrogen-bond donors (Lipinski definition) is 0. The van der Waals surface area contributed by atoms with Gasteiger partial charge in [0.05, 0.1) is 11.6 Å². The molecule has 0 aliphatic heterocycles. The van der Waals surface area contributed by atoms with Gasteiger partial charge in [0.15, 0.2) is 4.67 Å². The quantitative estimate of drug-likeness (QED) is 0.736. The van der Waals surface area contributed by atoms with Gasteiger partial charge in [0.25, 0.3) is 0 Å². The van der Waals surface area contributed by atoms with E-state index in [0.717, 1.165) is 18.2 Å². The van der Waals surface area contributed by atoms with Crippen LogP contribution in [-0.2, 0) is 0 Å². The van der Waals surface area contributed by atoms with Crippen molar-refractivity contribution in [2.75, 3.05) is 0 Å². The summed E-state index contributed by atoms with van der Waals surface area (Å²) in [7, 11) is 0. The highest BCUT2D eigenvalue weighted by Gasteiger charge is 2.20. The first-order valence-electron chi connectivity index (χ1n) is 4.41. The summed E-state index contributed by atoms with van der Waals surface area (Å²) in [6.07, 6.45) is 1.42. The standard InChI is InChI=1S/C11H6BrClF2O/c12-11-7(3-4-16-11)10(13)8-5-6(14)1-2-9(8)15/h1-5,10H. The minimum Gasteiger partial charge on any atom is -0.457 e. The Hall–Kier alpha value is -0.870. The van der Waals surface area contributed by atoms with E-state index in [1.807, 2.05) is 0 Å². The highest BCUT2D eigenvalue weighted by Crippen LogP contribution is 2.35. The fourth-order valence-electron chi connectivity index (χ4n) is 1.36. The minimum atomic E-state index is -0.788. The zero-order valence-electron chi connectivity index (χ0n) is 7.88. The number of alkyl halides is 1. The number of halogens is 4. The van der Waals surface area contributed by atoms with E-state index in [2.05, 4.69) is 15.9 Å². The van der Waals surface area contributed by atoms with Crippen molar-refractivity contribution in [2.24, 2.45) is 0 Å². The Morgan fingerprint density at radius 2 is 1.94 bits per heavy atom. The average molecular weight is 308 g/mol. The van der Waals surface area contributed by atoms with Crippen molar-refractivity contribution in [3.05, 3.63) is 58.0 Å². The Bertz CT molecular complexity index is 512. The summed E-state index contributed by atoms with van der Waals surface area (Å²) < 4.78 is 31.8. The van der Waals surface area contributed by atoms with Gasteiger partial charge in [-0.2, -0.15) is 0 Å². The minimum absolute atomic E-state index is 0.0868. The molecule has 0 radical (unpaired) electrons. The summed E-state index contributed by atoms with van der Waals surface area (Å²) in [5.74, 6) is -1.07. The van der Waals surface area contributed by atoms with Crippen LogP contribution < -0.4 is 0 Å². The third-order valence-electron chi connectivity index (χ3n) is 2.15. The lowest BCUT2D eigenvalue weighted by Gasteiger charge is -2.09. The molecule has 0 amide bonds. The molecule has 1 aromatic heterocycles. The van der Waals surface area contributed by atoms with Crippen molar-refractivity contribution in [1.29, 1.82) is 0 Å². The van der Waals surface area contributed by atoms with Gasteiger partial charge in [0.1, 0.15) is 11.6 Å². The molecule has 0 spiro atoms. The molecule has 0 saturated heterocycles. The first-order chi connectivity index (χ1) is 7.59.